The van der Waals surface area contributed by atoms with Crippen molar-refractivity contribution in [2.24, 2.45) is 0 Å². The average Bonchev–Trinajstić information content (AvgIpc) is 3.28. The minimum Gasteiger partial charge on any atom is -0.465 e. The highest BCUT2D eigenvalue weighted by molar-refractivity contribution is 7.14. The third-order valence-electron chi connectivity index (χ3n) is 4.42. The number of esters is 1. The summed E-state index contributed by atoms with van der Waals surface area (Å²) in [5, 5.41) is 8.81. The number of carbonyl (C=O) groups excluding carboxylic acids is 2. The standard InChI is InChI=1S/C23H18N4O3S/c1-30-22(29)17-6-4-16(5-7-17)21(28)25-18-10-8-15(9-11-18)20-14-31-23(27-20)26-19-3-2-12-24-13-19/h2-14H,1H3,(H,25,28)(H,26,27). The molecule has 0 fully saturated rings. The van der Waals surface area contributed by atoms with Crippen LogP contribution in [0.25, 0.3) is 11.3 Å². The molecule has 0 bridgehead atoms. The molecule has 2 aromatic heterocycles. The summed E-state index contributed by atoms with van der Waals surface area (Å²) in [7, 11) is 1.32. The molecule has 0 aliphatic heterocycles. The molecule has 0 aliphatic rings. The van der Waals surface area contributed by atoms with Crippen LogP contribution in [-0.2, 0) is 4.74 Å². The maximum atomic E-state index is 12.4. The Kier molecular flexibility index (Phi) is 6.00. The largest absolute Gasteiger partial charge is 0.465 e. The van der Waals surface area contributed by atoms with Crippen LogP contribution in [0.2, 0.25) is 0 Å². The monoisotopic (exact) mass is 430 g/mol. The molecular weight excluding hydrogens is 412 g/mol. The lowest BCUT2D eigenvalue weighted by Crippen LogP contribution is -2.12. The molecule has 0 spiro atoms. The van der Waals surface area contributed by atoms with Crippen molar-refractivity contribution in [2.75, 3.05) is 17.7 Å². The van der Waals surface area contributed by atoms with Gasteiger partial charge in [-0.05, 0) is 48.5 Å². The quantitative estimate of drug-likeness (QED) is 0.419. The van der Waals surface area contributed by atoms with Crippen LogP contribution in [0.5, 0.6) is 0 Å². The lowest BCUT2D eigenvalue weighted by atomic mass is 10.1. The number of amides is 1. The second kappa shape index (κ2) is 9.19. The molecule has 2 heterocycles. The second-order valence-electron chi connectivity index (χ2n) is 6.51. The first-order chi connectivity index (χ1) is 15.1. The predicted molar refractivity (Wildman–Crippen MR) is 121 cm³/mol. The fourth-order valence-corrected chi connectivity index (χ4v) is 3.57. The van der Waals surface area contributed by atoms with Gasteiger partial charge in [0, 0.05) is 28.4 Å². The zero-order valence-electron chi connectivity index (χ0n) is 16.5. The molecule has 0 saturated carbocycles. The van der Waals surface area contributed by atoms with Gasteiger partial charge in [-0.3, -0.25) is 9.78 Å². The maximum absolute atomic E-state index is 12.4. The summed E-state index contributed by atoms with van der Waals surface area (Å²) in [4.78, 5) is 32.6. The summed E-state index contributed by atoms with van der Waals surface area (Å²) in [5.74, 6) is -0.704. The van der Waals surface area contributed by atoms with Crippen molar-refractivity contribution in [1.82, 2.24) is 9.97 Å². The highest BCUT2D eigenvalue weighted by Crippen LogP contribution is 2.27. The van der Waals surface area contributed by atoms with Gasteiger partial charge < -0.3 is 15.4 Å². The van der Waals surface area contributed by atoms with Gasteiger partial charge in [0.25, 0.3) is 5.91 Å². The Hall–Kier alpha value is -4.04. The number of pyridine rings is 1. The molecular formula is C23H18N4O3S. The molecule has 0 radical (unpaired) electrons. The SMILES string of the molecule is COC(=O)c1ccc(C(=O)Nc2ccc(-c3csc(Nc4cccnc4)n3)cc2)cc1. The molecule has 0 aliphatic carbocycles. The van der Waals surface area contributed by atoms with Crippen molar-refractivity contribution in [2.45, 2.75) is 0 Å². The number of nitrogens with zero attached hydrogens (tertiary/aromatic N) is 2. The fraction of sp³-hybridized carbons (Fsp3) is 0.0435. The van der Waals surface area contributed by atoms with Crippen LogP contribution in [0.15, 0.2) is 78.4 Å². The van der Waals surface area contributed by atoms with E-state index < -0.39 is 5.97 Å². The van der Waals surface area contributed by atoms with Gasteiger partial charge in [-0.25, -0.2) is 9.78 Å². The summed E-state index contributed by atoms with van der Waals surface area (Å²) in [6, 6.07) is 17.5. The molecule has 8 heteroatoms. The highest BCUT2D eigenvalue weighted by Gasteiger charge is 2.10. The number of aromatic nitrogens is 2. The molecule has 31 heavy (non-hydrogen) atoms. The summed E-state index contributed by atoms with van der Waals surface area (Å²) < 4.78 is 4.66. The topological polar surface area (TPSA) is 93.2 Å². The molecule has 4 rings (SSSR count). The molecule has 1 amide bonds. The lowest BCUT2D eigenvalue weighted by molar-refractivity contribution is 0.0600. The van der Waals surface area contributed by atoms with E-state index in [1.807, 2.05) is 41.8 Å². The van der Waals surface area contributed by atoms with E-state index in [9.17, 15) is 9.59 Å². The molecule has 4 aromatic rings. The fourth-order valence-electron chi connectivity index (χ4n) is 2.83. The summed E-state index contributed by atoms with van der Waals surface area (Å²) in [6.07, 6.45) is 3.46. The minimum absolute atomic E-state index is 0.263. The van der Waals surface area contributed by atoms with E-state index in [1.165, 1.54) is 18.4 Å². The third kappa shape index (κ3) is 4.93. The van der Waals surface area contributed by atoms with Crippen LogP contribution in [-0.4, -0.2) is 29.0 Å². The molecule has 154 valence electrons. The molecule has 2 N–H and O–H groups in total. The summed E-state index contributed by atoms with van der Waals surface area (Å²) >= 11 is 1.50. The summed E-state index contributed by atoms with van der Waals surface area (Å²) in [5.41, 5.74) is 4.16. The van der Waals surface area contributed by atoms with Gasteiger partial charge in [0.1, 0.15) is 0 Å². The number of methoxy groups -OCH3 is 1. The van der Waals surface area contributed by atoms with Crippen LogP contribution in [0.3, 0.4) is 0 Å². The van der Waals surface area contributed by atoms with Crippen molar-refractivity contribution in [3.63, 3.8) is 0 Å². The Labute approximate surface area is 182 Å². The van der Waals surface area contributed by atoms with Gasteiger partial charge >= 0.3 is 5.97 Å². The minimum atomic E-state index is -0.441. The Balaban J connectivity index is 1.40. The van der Waals surface area contributed by atoms with Gasteiger partial charge in [-0.1, -0.05) is 12.1 Å². The number of thiazole rings is 1. The number of hydrogen-bond donors (Lipinski definition) is 2. The molecule has 2 aromatic carbocycles. The van der Waals surface area contributed by atoms with Crippen LogP contribution in [0.4, 0.5) is 16.5 Å². The zero-order chi connectivity index (χ0) is 21.6. The van der Waals surface area contributed by atoms with E-state index in [-0.39, 0.29) is 5.91 Å². The van der Waals surface area contributed by atoms with Crippen molar-refractivity contribution < 1.29 is 14.3 Å². The van der Waals surface area contributed by atoms with Gasteiger partial charge in [0.15, 0.2) is 5.13 Å². The van der Waals surface area contributed by atoms with E-state index in [1.54, 1.807) is 36.7 Å². The number of nitrogens with one attached hydrogen (secondary N) is 2. The van der Waals surface area contributed by atoms with E-state index >= 15 is 0 Å². The lowest BCUT2D eigenvalue weighted by Gasteiger charge is -2.07. The summed E-state index contributed by atoms with van der Waals surface area (Å²) in [6.45, 7) is 0. The van der Waals surface area contributed by atoms with Gasteiger partial charge in [0.2, 0.25) is 0 Å². The highest BCUT2D eigenvalue weighted by atomic mass is 32.1. The van der Waals surface area contributed by atoms with Crippen LogP contribution in [0, 0.1) is 0 Å². The van der Waals surface area contributed by atoms with Crippen LogP contribution in [0.1, 0.15) is 20.7 Å². The van der Waals surface area contributed by atoms with Gasteiger partial charge in [-0.15, -0.1) is 11.3 Å². The number of anilines is 3. The van der Waals surface area contributed by atoms with Crippen LogP contribution >= 0.6 is 11.3 Å². The number of hydrogen-bond acceptors (Lipinski definition) is 7. The van der Waals surface area contributed by atoms with Gasteiger partial charge in [0.05, 0.1) is 30.3 Å². The Bertz CT molecular complexity index is 1190. The van der Waals surface area contributed by atoms with Crippen molar-refractivity contribution >= 4 is 39.7 Å². The van der Waals surface area contributed by atoms with Crippen molar-refractivity contribution in [1.29, 1.82) is 0 Å². The first-order valence-corrected chi connectivity index (χ1v) is 10.2. The molecule has 0 unspecified atom stereocenters. The van der Waals surface area contributed by atoms with E-state index in [2.05, 4.69) is 25.3 Å². The number of rotatable bonds is 6. The number of benzene rings is 2. The normalized spacial score (nSPS) is 10.4. The Morgan fingerprint density at radius 2 is 1.68 bits per heavy atom. The van der Waals surface area contributed by atoms with Crippen molar-refractivity contribution in [3.8, 4) is 11.3 Å². The zero-order valence-corrected chi connectivity index (χ0v) is 17.3. The van der Waals surface area contributed by atoms with E-state index in [0.29, 0.717) is 16.8 Å². The smallest absolute Gasteiger partial charge is 0.337 e. The maximum Gasteiger partial charge on any atom is 0.337 e. The average molecular weight is 430 g/mol. The van der Waals surface area contributed by atoms with E-state index in [0.717, 1.165) is 22.1 Å². The molecule has 7 nitrogen and oxygen atoms in total. The first kappa shape index (κ1) is 20.2. The first-order valence-electron chi connectivity index (χ1n) is 9.35. The molecule has 0 saturated heterocycles. The Morgan fingerprint density at radius 3 is 2.35 bits per heavy atom. The number of carbonyl (C=O) groups is 2. The number of ether oxygens (including phenoxy) is 1. The second-order valence-corrected chi connectivity index (χ2v) is 7.36. The predicted octanol–water partition coefficient (Wildman–Crippen LogP) is 4.99. The Morgan fingerprint density at radius 1 is 0.935 bits per heavy atom. The van der Waals surface area contributed by atoms with Crippen molar-refractivity contribution in [3.05, 3.63) is 89.6 Å². The van der Waals surface area contributed by atoms with Gasteiger partial charge in [-0.2, -0.15) is 0 Å². The molecule has 0 atom stereocenters. The van der Waals surface area contributed by atoms with Crippen LogP contribution < -0.4 is 10.6 Å². The third-order valence-corrected chi connectivity index (χ3v) is 5.18. The van der Waals surface area contributed by atoms with E-state index in [4.69, 9.17) is 0 Å².